The normalized spacial score (nSPS) is 32.4. The molecule has 2 rings (SSSR count). The van der Waals surface area contributed by atoms with Gasteiger partial charge in [-0.25, -0.2) is 0 Å². The molecule has 0 saturated heterocycles. The molecule has 0 heterocycles. The summed E-state index contributed by atoms with van der Waals surface area (Å²) >= 11 is 0. The summed E-state index contributed by atoms with van der Waals surface area (Å²) in [6, 6.07) is 0.586. The van der Waals surface area contributed by atoms with Gasteiger partial charge >= 0.3 is 0 Å². The van der Waals surface area contributed by atoms with Crippen molar-refractivity contribution in [3.8, 4) is 0 Å². The monoisotopic (exact) mass is 267 g/mol. The lowest BCUT2D eigenvalue weighted by atomic mass is 9.72. The van der Waals surface area contributed by atoms with Crippen LogP contribution in [0.2, 0.25) is 0 Å². The summed E-state index contributed by atoms with van der Waals surface area (Å²) in [7, 11) is 1.94. The van der Waals surface area contributed by atoms with Gasteiger partial charge in [0, 0.05) is 13.2 Å². The molecule has 2 heteroatoms. The van der Waals surface area contributed by atoms with Gasteiger partial charge in [-0.2, -0.15) is 0 Å². The lowest BCUT2D eigenvalue weighted by Crippen LogP contribution is -2.55. The molecular formula is C17H33NO. The van der Waals surface area contributed by atoms with Gasteiger partial charge in [0.25, 0.3) is 0 Å². The predicted molar refractivity (Wildman–Crippen MR) is 81.4 cm³/mol. The van der Waals surface area contributed by atoms with Crippen LogP contribution < -0.4 is 5.32 Å². The van der Waals surface area contributed by atoms with Gasteiger partial charge < -0.3 is 10.1 Å². The van der Waals surface area contributed by atoms with Crippen molar-refractivity contribution in [3.05, 3.63) is 0 Å². The number of hydrogen-bond donors (Lipinski definition) is 1. The Labute approximate surface area is 119 Å². The van der Waals surface area contributed by atoms with Crippen LogP contribution in [-0.4, -0.2) is 25.3 Å². The SMILES string of the molecule is CCNC(C1CCC(CC)CC1)C1(OC)CCCC1. The van der Waals surface area contributed by atoms with Gasteiger partial charge in [0.2, 0.25) is 0 Å². The first-order valence-corrected chi connectivity index (χ1v) is 8.54. The van der Waals surface area contributed by atoms with Crippen LogP contribution in [0, 0.1) is 11.8 Å². The van der Waals surface area contributed by atoms with E-state index >= 15 is 0 Å². The third-order valence-corrected chi connectivity index (χ3v) is 5.79. The number of nitrogens with one attached hydrogen (secondary N) is 1. The minimum Gasteiger partial charge on any atom is -0.377 e. The minimum absolute atomic E-state index is 0.139. The van der Waals surface area contributed by atoms with E-state index in [0.29, 0.717) is 6.04 Å². The van der Waals surface area contributed by atoms with Gasteiger partial charge in [0.05, 0.1) is 5.60 Å². The molecule has 1 atom stereocenters. The van der Waals surface area contributed by atoms with Crippen LogP contribution >= 0.6 is 0 Å². The number of methoxy groups -OCH3 is 1. The van der Waals surface area contributed by atoms with Gasteiger partial charge in [0.15, 0.2) is 0 Å². The van der Waals surface area contributed by atoms with Crippen LogP contribution in [0.15, 0.2) is 0 Å². The second-order valence-corrected chi connectivity index (χ2v) is 6.70. The highest BCUT2D eigenvalue weighted by molar-refractivity contribution is 5.00. The molecule has 0 radical (unpaired) electrons. The van der Waals surface area contributed by atoms with E-state index in [4.69, 9.17) is 4.74 Å². The summed E-state index contributed by atoms with van der Waals surface area (Å²) in [5.74, 6) is 1.82. The first kappa shape index (κ1) is 15.3. The van der Waals surface area contributed by atoms with Crippen LogP contribution in [-0.2, 0) is 4.74 Å². The molecule has 2 saturated carbocycles. The standard InChI is InChI=1S/C17H33NO/c1-4-14-8-10-15(11-9-14)16(18-5-2)17(19-3)12-6-7-13-17/h14-16,18H,4-13H2,1-3H3. The maximum absolute atomic E-state index is 6.06. The molecule has 0 spiro atoms. The van der Waals surface area contributed by atoms with Gasteiger partial charge in [-0.15, -0.1) is 0 Å². The van der Waals surface area contributed by atoms with Gasteiger partial charge in [-0.05, 0) is 44.1 Å². The van der Waals surface area contributed by atoms with Crippen molar-refractivity contribution in [2.24, 2.45) is 11.8 Å². The fourth-order valence-electron chi connectivity index (χ4n) is 4.55. The van der Waals surface area contributed by atoms with E-state index in [1.165, 1.54) is 57.8 Å². The third-order valence-electron chi connectivity index (χ3n) is 5.79. The van der Waals surface area contributed by atoms with E-state index in [1.54, 1.807) is 0 Å². The highest BCUT2D eigenvalue weighted by Crippen LogP contribution is 2.43. The molecule has 0 aromatic rings. The van der Waals surface area contributed by atoms with E-state index in [1.807, 2.05) is 7.11 Å². The molecule has 2 nitrogen and oxygen atoms in total. The highest BCUT2D eigenvalue weighted by Gasteiger charge is 2.45. The Hall–Kier alpha value is -0.0800. The van der Waals surface area contributed by atoms with Crippen molar-refractivity contribution in [2.75, 3.05) is 13.7 Å². The van der Waals surface area contributed by atoms with Crippen molar-refractivity contribution in [1.29, 1.82) is 0 Å². The Morgan fingerprint density at radius 2 is 1.74 bits per heavy atom. The summed E-state index contributed by atoms with van der Waals surface area (Å²) in [5, 5.41) is 3.79. The Morgan fingerprint density at radius 3 is 2.21 bits per heavy atom. The molecule has 1 N–H and O–H groups in total. The Morgan fingerprint density at radius 1 is 1.11 bits per heavy atom. The van der Waals surface area contributed by atoms with Crippen LogP contribution in [0.3, 0.4) is 0 Å². The van der Waals surface area contributed by atoms with E-state index < -0.39 is 0 Å². The summed E-state index contributed by atoms with van der Waals surface area (Å²) < 4.78 is 6.06. The number of rotatable bonds is 6. The predicted octanol–water partition coefficient (Wildman–Crippen LogP) is 4.14. The quantitative estimate of drug-likeness (QED) is 0.781. The Kier molecular flexibility index (Phi) is 5.70. The van der Waals surface area contributed by atoms with Crippen LogP contribution in [0.25, 0.3) is 0 Å². The van der Waals surface area contributed by atoms with E-state index in [9.17, 15) is 0 Å². The molecule has 112 valence electrons. The average Bonchev–Trinajstić information content (AvgIpc) is 2.95. The molecule has 0 amide bonds. The largest absolute Gasteiger partial charge is 0.377 e. The second-order valence-electron chi connectivity index (χ2n) is 6.70. The summed E-state index contributed by atoms with van der Waals surface area (Å²) in [6.45, 7) is 5.66. The molecule has 0 aromatic heterocycles. The highest BCUT2D eigenvalue weighted by atomic mass is 16.5. The zero-order chi connectivity index (χ0) is 13.7. The van der Waals surface area contributed by atoms with E-state index in [0.717, 1.165) is 18.4 Å². The zero-order valence-electron chi connectivity index (χ0n) is 13.2. The maximum Gasteiger partial charge on any atom is 0.0833 e. The summed E-state index contributed by atoms with van der Waals surface area (Å²) in [5.41, 5.74) is 0.139. The molecule has 1 unspecified atom stereocenters. The summed E-state index contributed by atoms with van der Waals surface area (Å²) in [6.07, 6.45) is 12.3. The van der Waals surface area contributed by atoms with Gasteiger partial charge in [0.1, 0.15) is 0 Å². The number of hydrogen-bond acceptors (Lipinski definition) is 2. The molecule has 0 bridgehead atoms. The number of ether oxygens (including phenoxy) is 1. The van der Waals surface area contributed by atoms with Crippen LogP contribution in [0.1, 0.15) is 71.6 Å². The van der Waals surface area contributed by atoms with Crippen LogP contribution in [0.5, 0.6) is 0 Å². The molecule has 2 aliphatic carbocycles. The number of likely N-dealkylation sites (N-methyl/N-ethyl adjacent to an activating group) is 1. The van der Waals surface area contributed by atoms with Crippen molar-refractivity contribution in [2.45, 2.75) is 83.3 Å². The minimum atomic E-state index is 0.139. The van der Waals surface area contributed by atoms with Gasteiger partial charge in [-0.1, -0.05) is 46.0 Å². The molecular weight excluding hydrogens is 234 g/mol. The third kappa shape index (κ3) is 3.33. The smallest absolute Gasteiger partial charge is 0.0833 e. The molecule has 2 fully saturated rings. The maximum atomic E-state index is 6.06. The molecule has 0 aliphatic heterocycles. The molecule has 0 aromatic carbocycles. The van der Waals surface area contributed by atoms with Crippen molar-refractivity contribution in [1.82, 2.24) is 5.32 Å². The fourth-order valence-corrected chi connectivity index (χ4v) is 4.55. The molecule has 19 heavy (non-hydrogen) atoms. The zero-order valence-corrected chi connectivity index (χ0v) is 13.2. The lowest BCUT2D eigenvalue weighted by molar-refractivity contribution is -0.0576. The van der Waals surface area contributed by atoms with Crippen molar-refractivity contribution >= 4 is 0 Å². The Bertz CT molecular complexity index is 252. The van der Waals surface area contributed by atoms with Crippen molar-refractivity contribution in [3.63, 3.8) is 0 Å². The van der Waals surface area contributed by atoms with E-state index in [2.05, 4.69) is 19.2 Å². The topological polar surface area (TPSA) is 21.3 Å². The van der Waals surface area contributed by atoms with Gasteiger partial charge in [-0.3, -0.25) is 0 Å². The van der Waals surface area contributed by atoms with Crippen molar-refractivity contribution < 1.29 is 4.74 Å². The Balaban J connectivity index is 2.03. The lowest BCUT2D eigenvalue weighted by Gasteiger charge is -2.44. The second kappa shape index (κ2) is 7.08. The van der Waals surface area contributed by atoms with Crippen LogP contribution in [0.4, 0.5) is 0 Å². The summed E-state index contributed by atoms with van der Waals surface area (Å²) in [4.78, 5) is 0. The first-order valence-electron chi connectivity index (χ1n) is 8.54. The fraction of sp³-hybridized carbons (Fsp3) is 1.00. The van der Waals surface area contributed by atoms with E-state index in [-0.39, 0.29) is 5.60 Å². The molecule has 2 aliphatic rings. The average molecular weight is 267 g/mol. The first-order chi connectivity index (χ1) is 9.25.